The van der Waals surface area contributed by atoms with Crippen molar-refractivity contribution in [2.75, 3.05) is 13.7 Å². The Morgan fingerprint density at radius 1 is 1.04 bits per heavy atom. The fourth-order valence-corrected chi connectivity index (χ4v) is 2.59. The van der Waals surface area contributed by atoms with Gasteiger partial charge in [0.25, 0.3) is 0 Å². The van der Waals surface area contributed by atoms with Gasteiger partial charge in [-0.1, -0.05) is 18.2 Å². The summed E-state index contributed by atoms with van der Waals surface area (Å²) >= 11 is 0. The first-order valence-electron chi connectivity index (χ1n) is 8.15. The smallest absolute Gasteiger partial charge is 0.344 e. The average Bonchev–Trinajstić information content (AvgIpc) is 3.10. The average molecular weight is 353 g/mol. The molecule has 2 aromatic carbocycles. The number of Topliss-reactive ketones (excluding diaryl/α,β-unsaturated/α-hetero) is 1. The molecule has 0 aliphatic heterocycles. The summed E-state index contributed by atoms with van der Waals surface area (Å²) in [5.41, 5.74) is 1.36. The van der Waals surface area contributed by atoms with Crippen molar-refractivity contribution in [3.8, 4) is 11.5 Å². The second-order valence-electron chi connectivity index (χ2n) is 5.71. The van der Waals surface area contributed by atoms with E-state index in [9.17, 15) is 9.59 Å². The van der Waals surface area contributed by atoms with E-state index < -0.39 is 12.1 Å². The number of methoxy groups -OCH3 is 1. The van der Waals surface area contributed by atoms with Gasteiger partial charge < -0.3 is 19.2 Å². The maximum absolute atomic E-state index is 12.5. The van der Waals surface area contributed by atoms with Gasteiger partial charge in [-0.25, -0.2) is 4.79 Å². The van der Waals surface area contributed by atoms with Gasteiger partial charge >= 0.3 is 5.97 Å². The summed E-state index contributed by atoms with van der Waals surface area (Å²) in [6.07, 6.45) is 0.728. The molecule has 1 unspecified atom stereocenters. The molecule has 6 nitrogen and oxygen atoms in total. The molecule has 1 aromatic heterocycles. The van der Waals surface area contributed by atoms with E-state index in [4.69, 9.17) is 14.2 Å². The Morgan fingerprint density at radius 3 is 2.46 bits per heavy atom. The number of aromatic nitrogens is 1. The van der Waals surface area contributed by atoms with Gasteiger partial charge in [0.2, 0.25) is 5.78 Å². The number of H-pyrrole nitrogens is 1. The van der Waals surface area contributed by atoms with Crippen LogP contribution in [0.2, 0.25) is 0 Å². The lowest BCUT2D eigenvalue weighted by Gasteiger charge is -2.12. The number of ketones is 1. The Kier molecular flexibility index (Phi) is 5.22. The molecule has 26 heavy (non-hydrogen) atoms. The lowest BCUT2D eigenvalue weighted by atomic mass is 10.1. The summed E-state index contributed by atoms with van der Waals surface area (Å²) in [5, 5.41) is 0.801. The van der Waals surface area contributed by atoms with Crippen LogP contribution in [0.15, 0.2) is 54.7 Å². The molecule has 6 heteroatoms. The van der Waals surface area contributed by atoms with Crippen molar-refractivity contribution in [3.63, 3.8) is 0 Å². The summed E-state index contributed by atoms with van der Waals surface area (Å²) in [4.78, 5) is 27.5. The van der Waals surface area contributed by atoms with Crippen molar-refractivity contribution < 1.29 is 23.8 Å². The molecule has 0 bridgehead atoms. The van der Waals surface area contributed by atoms with Crippen LogP contribution in [-0.4, -0.2) is 36.6 Å². The van der Waals surface area contributed by atoms with Crippen LogP contribution in [0.4, 0.5) is 0 Å². The minimum atomic E-state index is -0.902. The third kappa shape index (κ3) is 3.85. The van der Waals surface area contributed by atoms with Crippen molar-refractivity contribution in [2.45, 2.75) is 13.0 Å². The molecule has 0 aliphatic rings. The first-order valence-corrected chi connectivity index (χ1v) is 8.15. The van der Waals surface area contributed by atoms with E-state index in [1.54, 1.807) is 44.5 Å². The number of benzene rings is 2. The number of hydrogen-bond acceptors (Lipinski definition) is 5. The zero-order chi connectivity index (χ0) is 18.5. The maximum atomic E-state index is 12.5. The minimum absolute atomic E-state index is 0.264. The molecule has 0 saturated heterocycles. The monoisotopic (exact) mass is 353 g/mol. The Labute approximate surface area is 150 Å². The lowest BCUT2D eigenvalue weighted by Crippen LogP contribution is -2.27. The Hall–Kier alpha value is -3.28. The molecule has 0 spiro atoms. The van der Waals surface area contributed by atoms with Crippen LogP contribution < -0.4 is 9.47 Å². The first-order chi connectivity index (χ1) is 12.6. The molecule has 1 heterocycles. The molecule has 0 fully saturated rings. The highest BCUT2D eigenvalue weighted by molar-refractivity contribution is 6.10. The van der Waals surface area contributed by atoms with E-state index in [-0.39, 0.29) is 12.4 Å². The number of rotatable bonds is 7. The van der Waals surface area contributed by atoms with Crippen molar-refractivity contribution in [1.82, 2.24) is 4.98 Å². The zero-order valence-electron chi connectivity index (χ0n) is 14.5. The molecule has 0 aliphatic carbocycles. The summed E-state index contributed by atoms with van der Waals surface area (Å²) in [6, 6.07) is 14.3. The molecular formula is C20H19NO5. The SMILES string of the molecule is COc1ccc(OCC(=O)OC(C)C(=O)c2c[nH]c3ccccc23)cc1. The van der Waals surface area contributed by atoms with Crippen molar-refractivity contribution in [2.24, 2.45) is 0 Å². The number of aromatic amines is 1. The molecule has 0 saturated carbocycles. The van der Waals surface area contributed by atoms with Gasteiger partial charge in [0, 0.05) is 22.7 Å². The summed E-state index contributed by atoms with van der Waals surface area (Å²) in [6.45, 7) is 1.27. The van der Waals surface area contributed by atoms with E-state index in [0.717, 1.165) is 10.9 Å². The van der Waals surface area contributed by atoms with E-state index in [0.29, 0.717) is 17.1 Å². The molecular weight excluding hydrogens is 334 g/mol. The Balaban J connectivity index is 1.57. The second-order valence-corrected chi connectivity index (χ2v) is 5.71. The second kappa shape index (κ2) is 7.74. The standard InChI is InChI=1S/C20H19NO5/c1-13(20(23)17-11-21-18-6-4-3-5-16(17)18)26-19(22)12-25-15-9-7-14(24-2)8-10-15/h3-11,13,21H,12H2,1-2H3. The predicted molar refractivity (Wildman–Crippen MR) is 96.7 cm³/mol. The number of esters is 1. The van der Waals surface area contributed by atoms with Crippen LogP contribution in [0, 0.1) is 0 Å². The molecule has 1 atom stereocenters. The Bertz CT molecular complexity index is 913. The summed E-state index contributed by atoms with van der Waals surface area (Å²) < 4.78 is 15.6. The van der Waals surface area contributed by atoms with Crippen LogP contribution in [-0.2, 0) is 9.53 Å². The van der Waals surface area contributed by atoms with Crippen molar-refractivity contribution in [1.29, 1.82) is 0 Å². The van der Waals surface area contributed by atoms with Crippen LogP contribution in [0.25, 0.3) is 10.9 Å². The van der Waals surface area contributed by atoms with Gasteiger partial charge in [-0.05, 0) is 37.3 Å². The molecule has 0 radical (unpaired) electrons. The van der Waals surface area contributed by atoms with Crippen molar-refractivity contribution >= 4 is 22.7 Å². The molecule has 0 amide bonds. The van der Waals surface area contributed by atoms with Crippen molar-refractivity contribution in [3.05, 3.63) is 60.3 Å². The number of hydrogen-bond donors (Lipinski definition) is 1. The van der Waals surface area contributed by atoms with E-state index in [1.165, 1.54) is 0 Å². The quantitative estimate of drug-likeness (QED) is 0.520. The number of para-hydroxylation sites is 1. The van der Waals surface area contributed by atoms with E-state index in [1.807, 2.05) is 24.3 Å². The third-order valence-corrected chi connectivity index (χ3v) is 3.95. The van der Waals surface area contributed by atoms with E-state index >= 15 is 0 Å². The van der Waals surface area contributed by atoms with Gasteiger partial charge in [-0.2, -0.15) is 0 Å². The van der Waals surface area contributed by atoms with Gasteiger partial charge in [0.05, 0.1) is 7.11 Å². The highest BCUT2D eigenvalue weighted by atomic mass is 16.6. The first kappa shape index (κ1) is 17.5. The number of fused-ring (bicyclic) bond motifs is 1. The molecule has 3 aromatic rings. The third-order valence-electron chi connectivity index (χ3n) is 3.95. The van der Waals surface area contributed by atoms with Crippen LogP contribution in [0.1, 0.15) is 17.3 Å². The zero-order valence-corrected chi connectivity index (χ0v) is 14.5. The number of nitrogens with one attached hydrogen (secondary N) is 1. The predicted octanol–water partition coefficient (Wildman–Crippen LogP) is 3.37. The van der Waals surface area contributed by atoms with E-state index in [2.05, 4.69) is 4.98 Å². The largest absolute Gasteiger partial charge is 0.497 e. The highest BCUT2D eigenvalue weighted by Gasteiger charge is 2.22. The molecule has 134 valence electrons. The molecule has 1 N–H and O–H groups in total. The topological polar surface area (TPSA) is 77.6 Å². The Morgan fingerprint density at radius 2 is 1.73 bits per heavy atom. The van der Waals surface area contributed by atoms with Gasteiger partial charge in [0.1, 0.15) is 11.5 Å². The van der Waals surface area contributed by atoms with Gasteiger partial charge in [-0.3, -0.25) is 4.79 Å². The number of ether oxygens (including phenoxy) is 3. The normalized spacial score (nSPS) is 11.8. The van der Waals surface area contributed by atoms with Crippen LogP contribution >= 0.6 is 0 Å². The lowest BCUT2D eigenvalue weighted by molar-refractivity contribution is -0.148. The number of carbonyl (C=O) groups is 2. The van der Waals surface area contributed by atoms with Crippen LogP contribution in [0.5, 0.6) is 11.5 Å². The highest BCUT2D eigenvalue weighted by Crippen LogP contribution is 2.20. The van der Waals surface area contributed by atoms with Gasteiger partial charge in [-0.15, -0.1) is 0 Å². The maximum Gasteiger partial charge on any atom is 0.344 e. The number of carbonyl (C=O) groups excluding carboxylic acids is 2. The summed E-state index contributed by atoms with van der Waals surface area (Å²) in [5.74, 6) is 0.331. The molecule has 3 rings (SSSR count). The summed E-state index contributed by atoms with van der Waals surface area (Å²) in [7, 11) is 1.57. The minimum Gasteiger partial charge on any atom is -0.497 e. The van der Waals surface area contributed by atoms with Gasteiger partial charge in [0.15, 0.2) is 12.7 Å². The van der Waals surface area contributed by atoms with Crippen LogP contribution in [0.3, 0.4) is 0 Å². The fraction of sp³-hybridized carbons (Fsp3) is 0.200. The fourth-order valence-electron chi connectivity index (χ4n) is 2.59.